The van der Waals surface area contributed by atoms with Gasteiger partial charge >= 0.3 is 0 Å². The van der Waals surface area contributed by atoms with Crippen molar-refractivity contribution in [3.8, 4) is 0 Å². The maximum atomic E-state index is 13.2. The molecule has 1 aromatic heterocycles. The number of carbonyl (C=O) groups excluding carboxylic acids is 2. The lowest BCUT2D eigenvalue weighted by molar-refractivity contribution is 0.0729. The molecule has 0 radical (unpaired) electrons. The molecule has 2 aliphatic carbocycles. The predicted molar refractivity (Wildman–Crippen MR) is 118 cm³/mol. The third-order valence-electron chi connectivity index (χ3n) is 5.80. The Morgan fingerprint density at radius 1 is 0.935 bits per heavy atom. The van der Waals surface area contributed by atoms with Crippen molar-refractivity contribution in [2.45, 2.75) is 50.9 Å². The van der Waals surface area contributed by atoms with Gasteiger partial charge in [-0.2, -0.15) is 5.10 Å². The fourth-order valence-electron chi connectivity index (χ4n) is 3.70. The molecular formula is C25H26N4O2. The fourth-order valence-corrected chi connectivity index (χ4v) is 3.70. The number of rotatable bonds is 8. The van der Waals surface area contributed by atoms with E-state index < -0.39 is 0 Å². The molecule has 1 N–H and O–H groups in total. The largest absolute Gasteiger partial charge is 0.349 e. The lowest BCUT2D eigenvalue weighted by atomic mass is 10.1. The average molecular weight is 415 g/mol. The maximum absolute atomic E-state index is 13.2. The number of nitrogens with zero attached hydrogens (tertiary/aromatic N) is 3. The van der Waals surface area contributed by atoms with E-state index in [1.807, 2.05) is 65.7 Å². The molecule has 3 aromatic rings. The van der Waals surface area contributed by atoms with Crippen molar-refractivity contribution in [1.82, 2.24) is 20.0 Å². The van der Waals surface area contributed by atoms with Crippen molar-refractivity contribution in [3.63, 3.8) is 0 Å². The minimum Gasteiger partial charge on any atom is -0.349 e. The first-order valence-electron chi connectivity index (χ1n) is 10.9. The van der Waals surface area contributed by atoms with Gasteiger partial charge in [0.15, 0.2) is 0 Å². The molecule has 0 saturated heterocycles. The molecule has 2 saturated carbocycles. The summed E-state index contributed by atoms with van der Waals surface area (Å²) >= 11 is 0. The average Bonchev–Trinajstić information content (AvgIpc) is 3.73. The summed E-state index contributed by atoms with van der Waals surface area (Å²) in [7, 11) is 0. The second-order valence-corrected chi connectivity index (χ2v) is 8.52. The Bertz CT molecular complexity index is 1070. The van der Waals surface area contributed by atoms with E-state index >= 15 is 0 Å². The Labute approximate surface area is 181 Å². The molecule has 31 heavy (non-hydrogen) atoms. The monoisotopic (exact) mass is 414 g/mol. The minimum absolute atomic E-state index is 0.0114. The molecule has 2 aliphatic rings. The highest BCUT2D eigenvalue weighted by Crippen LogP contribution is 2.30. The van der Waals surface area contributed by atoms with E-state index in [4.69, 9.17) is 0 Å². The summed E-state index contributed by atoms with van der Waals surface area (Å²) in [6, 6.07) is 18.3. The Morgan fingerprint density at radius 2 is 1.68 bits per heavy atom. The van der Waals surface area contributed by atoms with Gasteiger partial charge in [-0.25, -0.2) is 0 Å². The molecular weight excluding hydrogens is 388 g/mol. The summed E-state index contributed by atoms with van der Waals surface area (Å²) in [6.07, 6.45) is 7.70. The third kappa shape index (κ3) is 4.85. The maximum Gasteiger partial charge on any atom is 0.257 e. The van der Waals surface area contributed by atoms with Crippen LogP contribution >= 0.6 is 0 Å². The number of nitrogens with one attached hydrogen (secondary N) is 1. The molecule has 6 nitrogen and oxygen atoms in total. The van der Waals surface area contributed by atoms with Crippen LogP contribution in [0.4, 0.5) is 0 Å². The fraction of sp³-hybridized carbons (Fsp3) is 0.320. The van der Waals surface area contributed by atoms with E-state index in [0.717, 1.165) is 36.8 Å². The van der Waals surface area contributed by atoms with Crippen molar-refractivity contribution in [2.24, 2.45) is 0 Å². The lowest BCUT2D eigenvalue weighted by Gasteiger charge is -2.22. The van der Waals surface area contributed by atoms with Crippen molar-refractivity contribution in [1.29, 1.82) is 0 Å². The Morgan fingerprint density at radius 3 is 2.35 bits per heavy atom. The highest BCUT2D eigenvalue weighted by atomic mass is 16.2. The van der Waals surface area contributed by atoms with Gasteiger partial charge in [0.25, 0.3) is 11.8 Å². The second-order valence-electron chi connectivity index (χ2n) is 8.52. The summed E-state index contributed by atoms with van der Waals surface area (Å²) in [5.41, 5.74) is 3.46. The molecule has 158 valence electrons. The predicted octanol–water partition coefficient (Wildman–Crippen LogP) is 3.63. The van der Waals surface area contributed by atoms with Gasteiger partial charge in [0.1, 0.15) is 0 Å². The van der Waals surface area contributed by atoms with E-state index in [9.17, 15) is 9.59 Å². The second kappa shape index (κ2) is 8.38. The third-order valence-corrected chi connectivity index (χ3v) is 5.80. The highest BCUT2D eigenvalue weighted by Gasteiger charge is 2.33. The first-order valence-corrected chi connectivity index (χ1v) is 10.9. The quantitative estimate of drug-likeness (QED) is 0.612. The van der Waals surface area contributed by atoms with E-state index in [1.165, 1.54) is 0 Å². The molecule has 2 fully saturated rings. The summed E-state index contributed by atoms with van der Waals surface area (Å²) < 4.78 is 1.81. The molecule has 0 aliphatic heterocycles. The number of hydrogen-bond donors (Lipinski definition) is 1. The molecule has 2 aromatic carbocycles. The summed E-state index contributed by atoms with van der Waals surface area (Å²) in [6.45, 7) is 1.18. The van der Waals surface area contributed by atoms with E-state index in [2.05, 4.69) is 10.4 Å². The Kier molecular flexibility index (Phi) is 5.28. The molecule has 0 atom stereocenters. The molecule has 0 spiro atoms. The number of aromatic nitrogens is 2. The molecule has 5 rings (SSSR count). The van der Waals surface area contributed by atoms with Crippen molar-refractivity contribution in [2.75, 3.05) is 0 Å². The number of hydrogen-bond acceptors (Lipinski definition) is 3. The normalized spacial score (nSPS) is 15.5. The summed E-state index contributed by atoms with van der Waals surface area (Å²) in [4.78, 5) is 27.3. The molecule has 6 heteroatoms. The first-order chi connectivity index (χ1) is 15.2. The van der Waals surface area contributed by atoms with Gasteiger partial charge in [-0.05, 0) is 48.9 Å². The zero-order chi connectivity index (χ0) is 21.2. The summed E-state index contributed by atoms with van der Waals surface area (Å²) in [5.74, 6) is -0.00706. The van der Waals surface area contributed by atoms with Gasteiger partial charge in [0.2, 0.25) is 0 Å². The van der Waals surface area contributed by atoms with E-state index in [-0.39, 0.29) is 17.9 Å². The van der Waals surface area contributed by atoms with Gasteiger partial charge < -0.3 is 10.2 Å². The van der Waals surface area contributed by atoms with Crippen LogP contribution in [0.1, 0.15) is 57.5 Å². The zero-order valence-corrected chi connectivity index (χ0v) is 17.4. The lowest BCUT2D eigenvalue weighted by Crippen LogP contribution is -2.32. The van der Waals surface area contributed by atoms with Gasteiger partial charge in [0, 0.05) is 30.4 Å². The van der Waals surface area contributed by atoms with Crippen LogP contribution in [0, 0.1) is 0 Å². The van der Waals surface area contributed by atoms with Crippen LogP contribution < -0.4 is 5.32 Å². The SMILES string of the molecule is O=C(NC1CC1)c1ccc(CN(C(=O)c2cnn(Cc3ccccc3)c2)C2CC2)cc1. The van der Waals surface area contributed by atoms with Gasteiger partial charge in [-0.15, -0.1) is 0 Å². The van der Waals surface area contributed by atoms with Crippen LogP contribution in [0.2, 0.25) is 0 Å². The highest BCUT2D eigenvalue weighted by molar-refractivity contribution is 5.95. The van der Waals surface area contributed by atoms with Crippen LogP contribution in [0.25, 0.3) is 0 Å². The Hall–Kier alpha value is -3.41. The number of carbonyl (C=O) groups is 2. The van der Waals surface area contributed by atoms with Gasteiger partial charge in [-0.3, -0.25) is 14.3 Å². The van der Waals surface area contributed by atoms with Crippen LogP contribution in [0.3, 0.4) is 0 Å². The number of amides is 2. The molecule has 1 heterocycles. The first kappa shape index (κ1) is 19.5. The summed E-state index contributed by atoms with van der Waals surface area (Å²) in [5, 5.41) is 7.39. The van der Waals surface area contributed by atoms with Crippen molar-refractivity contribution >= 4 is 11.8 Å². The van der Waals surface area contributed by atoms with Crippen LogP contribution in [-0.4, -0.2) is 38.6 Å². The number of benzene rings is 2. The van der Waals surface area contributed by atoms with E-state index in [0.29, 0.717) is 30.3 Å². The molecule has 2 amide bonds. The van der Waals surface area contributed by atoms with Crippen molar-refractivity contribution < 1.29 is 9.59 Å². The molecule has 0 bridgehead atoms. The van der Waals surface area contributed by atoms with Gasteiger partial charge in [-0.1, -0.05) is 42.5 Å². The van der Waals surface area contributed by atoms with Crippen LogP contribution in [0.5, 0.6) is 0 Å². The zero-order valence-electron chi connectivity index (χ0n) is 17.4. The minimum atomic E-state index is -0.0185. The van der Waals surface area contributed by atoms with Crippen LogP contribution in [0.15, 0.2) is 67.0 Å². The molecule has 0 unspecified atom stereocenters. The van der Waals surface area contributed by atoms with Crippen LogP contribution in [-0.2, 0) is 13.1 Å². The Balaban J connectivity index is 1.25. The standard InChI is InChI=1S/C25H26N4O2/c30-24(27-22-10-11-22)20-8-6-19(7-9-20)16-29(23-12-13-23)25(31)21-14-26-28(17-21)15-18-4-2-1-3-5-18/h1-9,14,17,22-23H,10-13,15-16H2,(H,27,30). The van der Waals surface area contributed by atoms with Gasteiger partial charge in [0.05, 0.1) is 18.3 Å². The van der Waals surface area contributed by atoms with E-state index in [1.54, 1.807) is 10.9 Å². The topological polar surface area (TPSA) is 67.2 Å². The smallest absolute Gasteiger partial charge is 0.257 e. The van der Waals surface area contributed by atoms with Crippen molar-refractivity contribution in [3.05, 3.63) is 89.2 Å².